The van der Waals surface area contributed by atoms with Crippen LogP contribution in [-0.4, -0.2) is 63.0 Å². The minimum atomic E-state index is -3.21. The Bertz CT molecular complexity index is 934. The van der Waals surface area contributed by atoms with Gasteiger partial charge in [-0.1, -0.05) is 12.1 Å². The lowest BCUT2D eigenvalue weighted by molar-refractivity contribution is 0.298. The second-order valence-corrected chi connectivity index (χ2v) is 9.09. The van der Waals surface area contributed by atoms with Gasteiger partial charge in [-0.05, 0) is 38.2 Å². The number of nitrogens with one attached hydrogen (secondary N) is 2. The van der Waals surface area contributed by atoms with Gasteiger partial charge in [0.25, 0.3) is 0 Å². The van der Waals surface area contributed by atoms with Gasteiger partial charge in [-0.15, -0.1) is 0 Å². The molecule has 0 radical (unpaired) electrons. The number of aliphatic imine (C=N–C) groups is 1. The van der Waals surface area contributed by atoms with E-state index in [1.165, 1.54) is 6.26 Å². The second kappa shape index (κ2) is 9.20. The van der Waals surface area contributed by atoms with Crippen LogP contribution >= 0.6 is 0 Å². The zero-order valence-electron chi connectivity index (χ0n) is 17.4. The van der Waals surface area contributed by atoms with E-state index >= 15 is 0 Å². The standard InChI is InChI=1S/C19H30N6O2S/c1-14-9-15(7-8-18(14)28(6,26)27)10-21-19(20-2)22-12-17(24(3)4)16-11-23-25(5)13-16/h7-9,11,13,17H,10,12H2,1-6H3,(H2,20,21,22). The monoisotopic (exact) mass is 406 g/mol. The van der Waals surface area contributed by atoms with Crippen molar-refractivity contribution in [2.45, 2.75) is 24.4 Å². The molecule has 2 aromatic rings. The molecular weight excluding hydrogens is 376 g/mol. The van der Waals surface area contributed by atoms with E-state index in [2.05, 4.69) is 25.6 Å². The molecule has 0 saturated heterocycles. The normalized spacial score (nSPS) is 13.6. The Morgan fingerprint density at radius 2 is 2.04 bits per heavy atom. The van der Waals surface area contributed by atoms with E-state index in [4.69, 9.17) is 0 Å². The molecule has 0 saturated carbocycles. The number of hydrogen-bond donors (Lipinski definition) is 2. The first-order chi connectivity index (χ1) is 13.1. The highest BCUT2D eigenvalue weighted by atomic mass is 32.2. The van der Waals surface area contributed by atoms with Crippen LogP contribution in [0.2, 0.25) is 0 Å². The largest absolute Gasteiger partial charge is 0.354 e. The zero-order chi connectivity index (χ0) is 20.9. The Labute approximate surface area is 167 Å². The lowest BCUT2D eigenvalue weighted by Gasteiger charge is -2.24. The van der Waals surface area contributed by atoms with Gasteiger partial charge in [-0.25, -0.2) is 8.42 Å². The second-order valence-electron chi connectivity index (χ2n) is 7.11. The van der Waals surface area contributed by atoms with E-state index in [9.17, 15) is 8.42 Å². The molecule has 1 aromatic heterocycles. The SMILES string of the molecule is CN=C(NCc1ccc(S(C)(=O)=O)c(C)c1)NCC(c1cnn(C)c1)N(C)C. The van der Waals surface area contributed by atoms with E-state index in [1.807, 2.05) is 52.6 Å². The molecule has 0 spiro atoms. The lowest BCUT2D eigenvalue weighted by Crippen LogP contribution is -2.41. The lowest BCUT2D eigenvalue weighted by atomic mass is 10.1. The molecule has 1 unspecified atom stereocenters. The van der Waals surface area contributed by atoms with Crippen molar-refractivity contribution in [3.05, 3.63) is 47.3 Å². The van der Waals surface area contributed by atoms with Gasteiger partial charge < -0.3 is 15.5 Å². The summed E-state index contributed by atoms with van der Waals surface area (Å²) in [6, 6.07) is 5.52. The van der Waals surface area contributed by atoms with Gasteiger partial charge in [-0.2, -0.15) is 5.10 Å². The minimum Gasteiger partial charge on any atom is -0.354 e. The fraction of sp³-hybridized carbons (Fsp3) is 0.474. The van der Waals surface area contributed by atoms with Crippen LogP contribution in [0.15, 0.2) is 40.5 Å². The van der Waals surface area contributed by atoms with Crippen LogP contribution < -0.4 is 10.6 Å². The fourth-order valence-electron chi connectivity index (χ4n) is 3.05. The molecule has 154 valence electrons. The molecule has 2 N–H and O–H groups in total. The summed E-state index contributed by atoms with van der Waals surface area (Å²) in [5.74, 6) is 0.681. The van der Waals surface area contributed by atoms with Crippen LogP contribution in [-0.2, 0) is 23.4 Å². The van der Waals surface area contributed by atoms with Gasteiger partial charge in [0.05, 0.1) is 17.1 Å². The van der Waals surface area contributed by atoms with Gasteiger partial charge in [0, 0.05) is 45.2 Å². The summed E-state index contributed by atoms with van der Waals surface area (Å²) in [6.45, 7) is 3.02. The summed E-state index contributed by atoms with van der Waals surface area (Å²) in [4.78, 5) is 6.77. The van der Waals surface area contributed by atoms with Crippen molar-refractivity contribution >= 4 is 15.8 Å². The van der Waals surface area contributed by atoms with Crippen LogP contribution in [0.5, 0.6) is 0 Å². The maximum atomic E-state index is 11.7. The highest BCUT2D eigenvalue weighted by molar-refractivity contribution is 7.90. The third kappa shape index (κ3) is 5.80. The molecule has 1 atom stereocenters. The van der Waals surface area contributed by atoms with E-state index in [-0.39, 0.29) is 6.04 Å². The highest BCUT2D eigenvalue weighted by Gasteiger charge is 2.16. The molecule has 1 aromatic carbocycles. The van der Waals surface area contributed by atoms with Gasteiger partial charge in [0.1, 0.15) is 0 Å². The molecule has 0 amide bonds. The van der Waals surface area contributed by atoms with Crippen molar-refractivity contribution in [2.24, 2.45) is 12.0 Å². The Hall–Kier alpha value is -2.39. The predicted octanol–water partition coefficient (Wildman–Crippen LogP) is 1.10. The zero-order valence-corrected chi connectivity index (χ0v) is 18.2. The molecule has 0 aliphatic carbocycles. The molecule has 0 aliphatic heterocycles. The Balaban J connectivity index is 1.98. The fourth-order valence-corrected chi connectivity index (χ4v) is 4.01. The number of hydrogen-bond acceptors (Lipinski definition) is 5. The van der Waals surface area contributed by atoms with E-state index in [1.54, 1.807) is 17.8 Å². The summed E-state index contributed by atoms with van der Waals surface area (Å²) >= 11 is 0. The number of nitrogens with zero attached hydrogens (tertiary/aromatic N) is 4. The molecule has 1 heterocycles. The maximum absolute atomic E-state index is 11.7. The van der Waals surface area contributed by atoms with Crippen molar-refractivity contribution in [3.63, 3.8) is 0 Å². The summed E-state index contributed by atoms with van der Waals surface area (Å²) in [6.07, 6.45) is 5.10. The number of likely N-dealkylation sites (N-methyl/N-ethyl adjacent to an activating group) is 1. The van der Waals surface area contributed by atoms with Crippen LogP contribution in [0, 0.1) is 6.92 Å². The van der Waals surface area contributed by atoms with Crippen molar-refractivity contribution in [1.82, 2.24) is 25.3 Å². The van der Waals surface area contributed by atoms with Gasteiger partial charge in [-0.3, -0.25) is 9.67 Å². The molecule has 28 heavy (non-hydrogen) atoms. The van der Waals surface area contributed by atoms with Crippen LogP contribution in [0.3, 0.4) is 0 Å². The maximum Gasteiger partial charge on any atom is 0.191 e. The summed E-state index contributed by atoms with van der Waals surface area (Å²) in [7, 11) is 4.48. The van der Waals surface area contributed by atoms with E-state index in [0.29, 0.717) is 23.9 Å². The van der Waals surface area contributed by atoms with Crippen LogP contribution in [0.25, 0.3) is 0 Å². The molecule has 0 fully saturated rings. The smallest absolute Gasteiger partial charge is 0.191 e. The van der Waals surface area contributed by atoms with E-state index < -0.39 is 9.84 Å². The average Bonchev–Trinajstić information content (AvgIpc) is 3.02. The summed E-state index contributed by atoms with van der Waals surface area (Å²) in [5, 5.41) is 10.9. The molecule has 8 nitrogen and oxygen atoms in total. The Kier molecular flexibility index (Phi) is 7.20. The first-order valence-electron chi connectivity index (χ1n) is 9.01. The first kappa shape index (κ1) is 21.9. The summed E-state index contributed by atoms with van der Waals surface area (Å²) in [5.41, 5.74) is 2.86. The molecular formula is C19H30N6O2S. The molecule has 9 heteroatoms. The highest BCUT2D eigenvalue weighted by Crippen LogP contribution is 2.17. The van der Waals surface area contributed by atoms with Crippen LogP contribution in [0.4, 0.5) is 0 Å². The van der Waals surface area contributed by atoms with Crippen molar-refractivity contribution in [3.8, 4) is 0 Å². The van der Waals surface area contributed by atoms with Gasteiger partial charge in [0.15, 0.2) is 15.8 Å². The molecule has 0 aliphatic rings. The quantitative estimate of drug-likeness (QED) is 0.529. The number of aromatic nitrogens is 2. The number of rotatable bonds is 7. The van der Waals surface area contributed by atoms with Gasteiger partial charge >= 0.3 is 0 Å². The minimum absolute atomic E-state index is 0.156. The number of benzene rings is 1. The van der Waals surface area contributed by atoms with Crippen molar-refractivity contribution in [2.75, 3.05) is 33.9 Å². The first-order valence-corrected chi connectivity index (χ1v) is 10.9. The van der Waals surface area contributed by atoms with Crippen molar-refractivity contribution < 1.29 is 8.42 Å². The molecule has 2 rings (SSSR count). The molecule has 0 bridgehead atoms. The van der Waals surface area contributed by atoms with Gasteiger partial charge in [0.2, 0.25) is 0 Å². The Morgan fingerprint density at radius 1 is 1.32 bits per heavy atom. The number of aryl methyl sites for hydroxylation is 2. The third-order valence-electron chi connectivity index (χ3n) is 4.52. The van der Waals surface area contributed by atoms with Crippen LogP contribution in [0.1, 0.15) is 22.7 Å². The van der Waals surface area contributed by atoms with E-state index in [0.717, 1.165) is 16.7 Å². The van der Waals surface area contributed by atoms with Crippen molar-refractivity contribution in [1.29, 1.82) is 0 Å². The number of sulfone groups is 1. The summed E-state index contributed by atoms with van der Waals surface area (Å²) < 4.78 is 25.3. The average molecular weight is 407 g/mol. The Morgan fingerprint density at radius 3 is 2.54 bits per heavy atom. The topological polar surface area (TPSA) is 91.6 Å². The number of guanidine groups is 1. The predicted molar refractivity (Wildman–Crippen MR) is 112 cm³/mol. The third-order valence-corrected chi connectivity index (χ3v) is 5.78.